The third-order valence-electron chi connectivity index (χ3n) is 6.85. The van der Waals surface area contributed by atoms with Gasteiger partial charge in [0.25, 0.3) is 5.91 Å². The Morgan fingerprint density at radius 2 is 1.68 bits per heavy atom. The predicted octanol–water partition coefficient (Wildman–Crippen LogP) is 4.61. The van der Waals surface area contributed by atoms with Crippen LogP contribution in [0.2, 0.25) is 0 Å². The van der Waals surface area contributed by atoms with Crippen molar-refractivity contribution in [2.45, 2.75) is 51.1 Å². The summed E-state index contributed by atoms with van der Waals surface area (Å²) in [5.41, 5.74) is 8.86. The molecular weight excluding hydrogens is 487 g/mol. The van der Waals surface area contributed by atoms with Crippen LogP contribution in [0, 0.1) is 5.82 Å². The summed E-state index contributed by atoms with van der Waals surface area (Å²) in [5, 5.41) is 9.24. The number of carboxylic acid groups (broad SMARTS) is 1. The maximum atomic E-state index is 13.9. The second-order valence-electron chi connectivity index (χ2n) is 10.1. The van der Waals surface area contributed by atoms with E-state index in [0.717, 1.165) is 28.9 Å². The lowest BCUT2D eigenvalue weighted by Gasteiger charge is -2.43. The van der Waals surface area contributed by atoms with E-state index >= 15 is 0 Å². The number of aliphatic carboxylic acids is 1. The van der Waals surface area contributed by atoms with E-state index in [1.807, 2.05) is 30.3 Å². The lowest BCUT2D eigenvalue weighted by atomic mass is 9.89. The predicted molar refractivity (Wildman–Crippen MR) is 141 cm³/mol. The highest BCUT2D eigenvalue weighted by Crippen LogP contribution is 2.32. The smallest absolute Gasteiger partial charge is 0.303 e. The molecule has 3 aromatic carbocycles. The molecule has 1 aliphatic heterocycles. The number of primary amides is 1. The number of benzene rings is 3. The summed E-state index contributed by atoms with van der Waals surface area (Å²) in [5.74, 6) is -1.86. The number of nitrogens with zero attached hydrogens (tertiary/aromatic N) is 1. The zero-order valence-electron chi connectivity index (χ0n) is 21.4. The molecule has 0 aromatic heterocycles. The summed E-state index contributed by atoms with van der Waals surface area (Å²) in [6.45, 7) is 4.23. The van der Waals surface area contributed by atoms with Gasteiger partial charge in [-0.3, -0.25) is 14.4 Å². The normalized spacial score (nSPS) is 13.3. The largest absolute Gasteiger partial charge is 0.493 e. The molecule has 38 heavy (non-hydrogen) atoms. The SMILES string of the molecule is CC(C)(Cc1ccc(F)cc1)N(C(=O)c1ccc(-c2ccc3c(c2)OCC3)cc1)[C@@H](CCC(=O)O)C(N)=O. The summed E-state index contributed by atoms with van der Waals surface area (Å²) in [6, 6.07) is 17.8. The van der Waals surface area contributed by atoms with Crippen molar-refractivity contribution in [3.63, 3.8) is 0 Å². The maximum absolute atomic E-state index is 13.9. The van der Waals surface area contributed by atoms with Crippen molar-refractivity contribution < 1.29 is 28.6 Å². The number of halogens is 1. The Hall–Kier alpha value is -4.20. The van der Waals surface area contributed by atoms with Crippen LogP contribution in [0.15, 0.2) is 66.7 Å². The van der Waals surface area contributed by atoms with Gasteiger partial charge >= 0.3 is 5.97 Å². The van der Waals surface area contributed by atoms with Gasteiger partial charge in [-0.15, -0.1) is 0 Å². The van der Waals surface area contributed by atoms with Gasteiger partial charge in [0, 0.05) is 23.9 Å². The molecule has 0 saturated carbocycles. The van der Waals surface area contributed by atoms with Crippen LogP contribution >= 0.6 is 0 Å². The molecule has 0 radical (unpaired) electrons. The second-order valence-corrected chi connectivity index (χ2v) is 10.1. The molecule has 198 valence electrons. The first-order chi connectivity index (χ1) is 18.0. The van der Waals surface area contributed by atoms with E-state index in [1.54, 1.807) is 38.1 Å². The number of carbonyl (C=O) groups is 3. The van der Waals surface area contributed by atoms with Crippen LogP contribution < -0.4 is 10.5 Å². The quantitative estimate of drug-likeness (QED) is 0.407. The molecule has 4 rings (SSSR count). The van der Waals surface area contributed by atoms with Gasteiger partial charge in [0.15, 0.2) is 0 Å². The number of ether oxygens (including phenoxy) is 1. The van der Waals surface area contributed by atoms with Gasteiger partial charge in [0.2, 0.25) is 5.91 Å². The Balaban J connectivity index is 1.66. The number of hydrogen-bond acceptors (Lipinski definition) is 4. The molecule has 0 fully saturated rings. The maximum Gasteiger partial charge on any atom is 0.303 e. The molecule has 0 saturated heterocycles. The minimum absolute atomic E-state index is 0.129. The van der Waals surface area contributed by atoms with Gasteiger partial charge < -0.3 is 20.5 Å². The summed E-state index contributed by atoms with van der Waals surface area (Å²) < 4.78 is 19.1. The fraction of sp³-hybridized carbons (Fsp3) is 0.300. The van der Waals surface area contributed by atoms with Gasteiger partial charge in [-0.05, 0) is 79.3 Å². The van der Waals surface area contributed by atoms with Gasteiger partial charge in [0.05, 0.1) is 6.61 Å². The molecule has 8 heteroatoms. The molecule has 1 aliphatic rings. The lowest BCUT2D eigenvalue weighted by Crippen LogP contribution is -2.58. The Bertz CT molecular complexity index is 1340. The van der Waals surface area contributed by atoms with E-state index in [0.29, 0.717) is 18.6 Å². The van der Waals surface area contributed by atoms with Crippen molar-refractivity contribution in [3.8, 4) is 16.9 Å². The van der Waals surface area contributed by atoms with E-state index in [4.69, 9.17) is 10.5 Å². The van der Waals surface area contributed by atoms with E-state index < -0.39 is 29.4 Å². The van der Waals surface area contributed by atoms with Crippen molar-refractivity contribution in [1.29, 1.82) is 0 Å². The fourth-order valence-corrected chi connectivity index (χ4v) is 4.97. The Morgan fingerprint density at radius 3 is 2.32 bits per heavy atom. The highest BCUT2D eigenvalue weighted by atomic mass is 19.1. The molecule has 3 aromatic rings. The zero-order valence-corrected chi connectivity index (χ0v) is 21.4. The van der Waals surface area contributed by atoms with Crippen molar-refractivity contribution in [1.82, 2.24) is 4.90 Å². The van der Waals surface area contributed by atoms with Crippen molar-refractivity contribution in [2.24, 2.45) is 5.73 Å². The first-order valence-corrected chi connectivity index (χ1v) is 12.5. The van der Waals surface area contributed by atoms with Crippen LogP contribution in [0.4, 0.5) is 4.39 Å². The molecule has 1 heterocycles. The second kappa shape index (κ2) is 11.0. The van der Waals surface area contributed by atoms with Gasteiger partial charge in [-0.25, -0.2) is 4.39 Å². The molecule has 2 amide bonds. The summed E-state index contributed by atoms with van der Waals surface area (Å²) in [6.07, 6.45) is 0.721. The third-order valence-corrected chi connectivity index (χ3v) is 6.85. The molecule has 0 aliphatic carbocycles. The molecule has 0 spiro atoms. The van der Waals surface area contributed by atoms with Gasteiger partial charge in [0.1, 0.15) is 17.6 Å². The average molecular weight is 519 g/mol. The molecule has 0 bridgehead atoms. The number of nitrogens with two attached hydrogens (primary N) is 1. The number of carbonyl (C=O) groups excluding carboxylic acids is 2. The molecule has 0 unspecified atom stereocenters. The molecular formula is C30H31FN2O5. The van der Waals surface area contributed by atoms with Gasteiger partial charge in [-0.1, -0.05) is 36.4 Å². The highest BCUT2D eigenvalue weighted by molar-refractivity contribution is 5.98. The Labute approximate surface area is 221 Å². The van der Waals surface area contributed by atoms with Crippen molar-refractivity contribution >= 4 is 17.8 Å². The minimum Gasteiger partial charge on any atom is -0.493 e. The Kier molecular flexibility index (Phi) is 7.80. The Morgan fingerprint density at radius 1 is 1.03 bits per heavy atom. The van der Waals surface area contributed by atoms with E-state index in [2.05, 4.69) is 0 Å². The van der Waals surface area contributed by atoms with Crippen LogP contribution in [0.3, 0.4) is 0 Å². The van der Waals surface area contributed by atoms with Crippen LogP contribution in [0.1, 0.15) is 48.2 Å². The number of hydrogen-bond donors (Lipinski definition) is 2. The van der Waals surface area contributed by atoms with Crippen molar-refractivity contribution in [2.75, 3.05) is 6.61 Å². The minimum atomic E-state index is -1.15. The summed E-state index contributed by atoms with van der Waals surface area (Å²) in [4.78, 5) is 39.1. The molecule has 7 nitrogen and oxygen atoms in total. The number of rotatable bonds is 10. The first kappa shape index (κ1) is 26.9. The average Bonchev–Trinajstić information content (AvgIpc) is 3.35. The zero-order chi connectivity index (χ0) is 27.4. The van der Waals surface area contributed by atoms with E-state index in [1.165, 1.54) is 22.6 Å². The standard InChI is InChI=1S/C30H31FN2O5/c1-30(2,18-19-3-11-24(31)12-4-19)33(25(28(32)36)13-14-27(34)35)29(37)22-8-5-20(6-9-22)23-10-7-21-15-16-38-26(21)17-23/h3-12,17,25H,13-16,18H2,1-2H3,(H2,32,36)(H,34,35)/t25-/m0/s1. The van der Waals surface area contributed by atoms with Crippen molar-refractivity contribution in [3.05, 3.63) is 89.2 Å². The first-order valence-electron chi connectivity index (χ1n) is 12.5. The summed E-state index contributed by atoms with van der Waals surface area (Å²) in [7, 11) is 0. The highest BCUT2D eigenvalue weighted by Gasteiger charge is 2.39. The molecule has 3 N–H and O–H groups in total. The topological polar surface area (TPSA) is 110 Å². The van der Waals surface area contributed by atoms with Gasteiger partial charge in [-0.2, -0.15) is 0 Å². The number of fused-ring (bicyclic) bond motifs is 1. The number of carboxylic acids is 1. The van der Waals surface area contributed by atoms with Crippen LogP contribution in [0.25, 0.3) is 11.1 Å². The van der Waals surface area contributed by atoms with E-state index in [-0.39, 0.29) is 18.7 Å². The summed E-state index contributed by atoms with van der Waals surface area (Å²) >= 11 is 0. The van der Waals surface area contributed by atoms with Crippen LogP contribution in [0.5, 0.6) is 5.75 Å². The fourth-order valence-electron chi connectivity index (χ4n) is 4.97. The molecule has 1 atom stereocenters. The monoisotopic (exact) mass is 518 g/mol. The number of amides is 2. The third kappa shape index (κ3) is 6.02. The van der Waals surface area contributed by atoms with E-state index in [9.17, 15) is 23.9 Å². The van der Waals surface area contributed by atoms with Crippen LogP contribution in [-0.4, -0.2) is 46.0 Å². The van der Waals surface area contributed by atoms with Crippen LogP contribution in [-0.2, 0) is 22.4 Å². The lowest BCUT2D eigenvalue weighted by molar-refractivity contribution is -0.137.